The Bertz CT molecular complexity index is 983. The van der Waals surface area contributed by atoms with E-state index in [1.165, 1.54) is 6.08 Å². The number of hydrogen-bond donors (Lipinski definition) is 3. The molecule has 0 saturated carbocycles. The minimum absolute atomic E-state index is 0.259. The summed E-state index contributed by atoms with van der Waals surface area (Å²) in [5, 5.41) is 28.9. The highest BCUT2D eigenvalue weighted by Crippen LogP contribution is 2.32. The van der Waals surface area contributed by atoms with Crippen molar-refractivity contribution in [2.45, 2.75) is 6.92 Å². The number of hydrogen-bond acceptors (Lipinski definition) is 5. The normalized spacial score (nSPS) is 10.9. The topological polar surface area (TPSA) is 87.0 Å². The Balaban J connectivity index is 1.78. The Morgan fingerprint density at radius 3 is 2.19 bits per heavy atom. The second kappa shape index (κ2) is 7.66. The van der Waals surface area contributed by atoms with E-state index in [4.69, 9.17) is 4.74 Å². The summed E-state index contributed by atoms with van der Waals surface area (Å²) in [6, 6.07) is 16.9. The van der Waals surface area contributed by atoms with Crippen LogP contribution >= 0.6 is 0 Å². The first-order chi connectivity index (χ1) is 12.9. The van der Waals surface area contributed by atoms with Crippen molar-refractivity contribution in [3.63, 3.8) is 0 Å². The first-order valence-corrected chi connectivity index (χ1v) is 8.25. The third kappa shape index (κ3) is 4.27. The first-order valence-electron chi connectivity index (χ1n) is 8.25. The van der Waals surface area contributed by atoms with Gasteiger partial charge in [0, 0.05) is 12.1 Å². The van der Waals surface area contributed by atoms with E-state index in [-0.39, 0.29) is 11.3 Å². The monoisotopic (exact) mass is 362 g/mol. The number of rotatable bonds is 5. The van der Waals surface area contributed by atoms with E-state index in [0.717, 1.165) is 29.0 Å². The fourth-order valence-corrected chi connectivity index (χ4v) is 2.62. The molecule has 0 aliphatic rings. The van der Waals surface area contributed by atoms with Crippen LogP contribution in [0.15, 0.2) is 66.7 Å². The molecule has 0 bridgehead atoms. The zero-order valence-corrected chi connectivity index (χ0v) is 14.6. The van der Waals surface area contributed by atoms with E-state index in [0.29, 0.717) is 5.75 Å². The lowest BCUT2D eigenvalue weighted by atomic mass is 10.0. The number of carbonyl (C=O) groups is 1. The lowest BCUT2D eigenvalue weighted by Gasteiger charge is -2.08. The van der Waals surface area contributed by atoms with Gasteiger partial charge in [-0.05, 0) is 48.4 Å². The molecule has 0 amide bonds. The van der Waals surface area contributed by atoms with E-state index in [2.05, 4.69) is 0 Å². The van der Waals surface area contributed by atoms with Crippen LogP contribution < -0.4 is 4.74 Å². The van der Waals surface area contributed by atoms with Gasteiger partial charge in [-0.15, -0.1) is 0 Å². The quantitative estimate of drug-likeness (QED) is 0.448. The Morgan fingerprint density at radius 1 is 0.889 bits per heavy atom. The van der Waals surface area contributed by atoms with E-state index in [1.807, 2.05) is 49.4 Å². The number of benzene rings is 3. The average molecular weight is 362 g/mol. The van der Waals surface area contributed by atoms with Gasteiger partial charge in [-0.25, -0.2) is 0 Å². The Morgan fingerprint density at radius 2 is 1.56 bits per heavy atom. The lowest BCUT2D eigenvalue weighted by Crippen LogP contribution is -1.96. The van der Waals surface area contributed by atoms with E-state index >= 15 is 0 Å². The SMILES string of the molecule is Cc1cc(Oc2ccccc2)ccc1/C=C/C(=O)c1c(O)cc(O)cc1O. The number of phenolic OH excluding ortho intramolecular Hbond substituents is 3. The molecular formula is C22H18O5. The number of phenols is 3. The largest absolute Gasteiger partial charge is 0.508 e. The number of ketones is 1. The predicted octanol–water partition coefficient (Wildman–Crippen LogP) is 4.80. The molecule has 0 saturated heterocycles. The molecule has 3 aromatic rings. The number of allylic oxidation sites excluding steroid dienone is 1. The third-order valence-electron chi connectivity index (χ3n) is 3.96. The van der Waals surface area contributed by atoms with Gasteiger partial charge in [0.2, 0.25) is 0 Å². The van der Waals surface area contributed by atoms with E-state index < -0.39 is 17.3 Å². The molecule has 5 nitrogen and oxygen atoms in total. The average Bonchev–Trinajstić information content (AvgIpc) is 2.61. The summed E-state index contributed by atoms with van der Waals surface area (Å²) in [6.45, 7) is 1.89. The molecule has 0 aliphatic heterocycles. The van der Waals surface area contributed by atoms with Gasteiger partial charge < -0.3 is 20.1 Å². The molecule has 0 radical (unpaired) electrons. The highest BCUT2D eigenvalue weighted by molar-refractivity contribution is 6.10. The van der Waals surface area contributed by atoms with Gasteiger partial charge in [0.05, 0.1) is 0 Å². The van der Waals surface area contributed by atoms with Gasteiger partial charge in [0.15, 0.2) is 5.78 Å². The number of aryl methyl sites for hydroxylation is 1. The summed E-state index contributed by atoms with van der Waals surface area (Å²) >= 11 is 0. The summed E-state index contributed by atoms with van der Waals surface area (Å²) in [4.78, 5) is 12.3. The summed E-state index contributed by atoms with van der Waals surface area (Å²) in [6.07, 6.45) is 2.85. The highest BCUT2D eigenvalue weighted by atomic mass is 16.5. The van der Waals surface area contributed by atoms with Gasteiger partial charge in [-0.1, -0.05) is 30.3 Å². The Labute approximate surface area is 156 Å². The summed E-state index contributed by atoms with van der Waals surface area (Å²) in [5.74, 6) is -0.454. The fraction of sp³-hybridized carbons (Fsp3) is 0.0455. The van der Waals surface area contributed by atoms with E-state index in [9.17, 15) is 20.1 Å². The smallest absolute Gasteiger partial charge is 0.193 e. The van der Waals surface area contributed by atoms with Crippen molar-refractivity contribution in [3.05, 3.63) is 83.4 Å². The van der Waals surface area contributed by atoms with Crippen LogP contribution in [0.4, 0.5) is 0 Å². The second-order valence-corrected chi connectivity index (χ2v) is 5.99. The van der Waals surface area contributed by atoms with Gasteiger partial charge in [0.25, 0.3) is 0 Å². The van der Waals surface area contributed by atoms with Gasteiger partial charge in [0.1, 0.15) is 34.3 Å². The van der Waals surface area contributed by atoms with Crippen LogP contribution in [0.5, 0.6) is 28.7 Å². The molecule has 0 aliphatic carbocycles. The van der Waals surface area contributed by atoms with Crippen LogP contribution in [0.1, 0.15) is 21.5 Å². The standard InChI is InChI=1S/C22H18O5/c1-14-11-18(27-17-5-3-2-4-6-17)9-7-15(14)8-10-19(24)22-20(25)12-16(23)13-21(22)26/h2-13,23,25-26H,1H3/b10-8+. The van der Waals surface area contributed by atoms with Crippen LogP contribution in [0, 0.1) is 6.92 Å². The van der Waals surface area contributed by atoms with Crippen LogP contribution in [0.3, 0.4) is 0 Å². The molecule has 3 aromatic carbocycles. The Hall–Kier alpha value is -3.73. The third-order valence-corrected chi connectivity index (χ3v) is 3.96. The minimum Gasteiger partial charge on any atom is -0.508 e. The predicted molar refractivity (Wildman–Crippen MR) is 102 cm³/mol. The van der Waals surface area contributed by atoms with Crippen molar-refractivity contribution in [3.8, 4) is 28.7 Å². The first kappa shape index (κ1) is 18.1. The van der Waals surface area contributed by atoms with Crippen molar-refractivity contribution >= 4 is 11.9 Å². The molecule has 0 fully saturated rings. The molecule has 0 heterocycles. The maximum absolute atomic E-state index is 12.3. The van der Waals surface area contributed by atoms with Gasteiger partial charge in [-0.2, -0.15) is 0 Å². The fourth-order valence-electron chi connectivity index (χ4n) is 2.62. The molecule has 27 heavy (non-hydrogen) atoms. The lowest BCUT2D eigenvalue weighted by molar-refractivity contribution is 0.104. The number of para-hydroxylation sites is 1. The molecule has 136 valence electrons. The van der Waals surface area contributed by atoms with Crippen LogP contribution in [0.2, 0.25) is 0 Å². The minimum atomic E-state index is -0.575. The van der Waals surface area contributed by atoms with Crippen LogP contribution in [0.25, 0.3) is 6.08 Å². The second-order valence-electron chi connectivity index (χ2n) is 5.99. The van der Waals surface area contributed by atoms with Crippen molar-refractivity contribution < 1.29 is 24.9 Å². The van der Waals surface area contributed by atoms with Crippen molar-refractivity contribution in [1.29, 1.82) is 0 Å². The molecular weight excluding hydrogens is 344 g/mol. The zero-order chi connectivity index (χ0) is 19.4. The van der Waals surface area contributed by atoms with E-state index in [1.54, 1.807) is 12.1 Å². The summed E-state index contributed by atoms with van der Waals surface area (Å²) < 4.78 is 5.77. The summed E-state index contributed by atoms with van der Waals surface area (Å²) in [5.41, 5.74) is 1.43. The molecule has 0 aromatic heterocycles. The van der Waals surface area contributed by atoms with Crippen molar-refractivity contribution in [2.75, 3.05) is 0 Å². The van der Waals surface area contributed by atoms with Gasteiger partial charge >= 0.3 is 0 Å². The highest BCUT2D eigenvalue weighted by Gasteiger charge is 2.15. The van der Waals surface area contributed by atoms with Crippen molar-refractivity contribution in [2.24, 2.45) is 0 Å². The van der Waals surface area contributed by atoms with Crippen LogP contribution in [-0.4, -0.2) is 21.1 Å². The Kier molecular flexibility index (Phi) is 5.13. The molecule has 0 unspecified atom stereocenters. The molecule has 0 atom stereocenters. The number of aromatic hydroxyl groups is 3. The van der Waals surface area contributed by atoms with Gasteiger partial charge in [-0.3, -0.25) is 4.79 Å². The maximum atomic E-state index is 12.3. The maximum Gasteiger partial charge on any atom is 0.193 e. The zero-order valence-electron chi connectivity index (χ0n) is 14.6. The molecule has 3 N–H and O–H groups in total. The molecule has 3 rings (SSSR count). The summed E-state index contributed by atoms with van der Waals surface area (Å²) in [7, 11) is 0. The van der Waals surface area contributed by atoms with Crippen LogP contribution in [-0.2, 0) is 0 Å². The number of ether oxygens (including phenoxy) is 1. The molecule has 0 spiro atoms. The van der Waals surface area contributed by atoms with Crippen molar-refractivity contribution in [1.82, 2.24) is 0 Å². The number of carbonyl (C=O) groups excluding carboxylic acids is 1. The molecule has 5 heteroatoms.